The Kier molecular flexibility index (Phi) is 23.3. The Hall–Kier alpha value is -1.55. The Bertz CT molecular complexity index is 159. The lowest BCUT2D eigenvalue weighted by molar-refractivity contribution is -0.120. The van der Waals surface area contributed by atoms with Crippen LogP contribution in [0.5, 0.6) is 0 Å². The minimum absolute atomic E-state index is 0.00347. The largest absolute Gasteiger partial charge is 0.650 e. The standard InChI is InChI=1S/C7H12N2O2.2C2H4/c1-2-3-9-6(5-10)4-7(8)11;2*1-2/h5-6H,1-4H2,(H2,8,11);2*1-2H2/t6-;;/m1../s1. The van der Waals surface area contributed by atoms with Crippen LogP contribution in [0.1, 0.15) is 12.8 Å². The molecule has 0 saturated carbocycles. The Labute approximate surface area is 92.2 Å². The van der Waals surface area contributed by atoms with E-state index in [1.165, 1.54) is 0 Å². The maximum absolute atomic E-state index is 10.3. The third kappa shape index (κ3) is 19.0. The average molecular weight is 212 g/mol. The summed E-state index contributed by atoms with van der Waals surface area (Å²) in [5.41, 5.74) is 4.87. The van der Waals surface area contributed by atoms with Crippen LogP contribution in [0.2, 0.25) is 0 Å². The predicted octanol–water partition coefficient (Wildman–Crippen LogP) is 1.63. The molecule has 0 bridgehead atoms. The third-order valence-corrected chi connectivity index (χ3v) is 1.09. The fourth-order valence-electron chi connectivity index (χ4n) is 0.619. The molecule has 1 atom stereocenters. The van der Waals surface area contributed by atoms with Crippen LogP contribution in [0.4, 0.5) is 0 Å². The van der Waals surface area contributed by atoms with Crippen LogP contribution >= 0.6 is 0 Å². The molecule has 4 nitrogen and oxygen atoms in total. The lowest BCUT2D eigenvalue weighted by Crippen LogP contribution is -2.21. The van der Waals surface area contributed by atoms with Crippen LogP contribution in [0.25, 0.3) is 5.32 Å². The van der Waals surface area contributed by atoms with Crippen LogP contribution in [-0.2, 0) is 9.59 Å². The zero-order valence-electron chi connectivity index (χ0n) is 9.15. The van der Waals surface area contributed by atoms with E-state index in [2.05, 4.69) is 38.6 Å². The maximum atomic E-state index is 10.3. The molecule has 0 aliphatic heterocycles. The van der Waals surface area contributed by atoms with Crippen LogP contribution in [0.15, 0.2) is 26.3 Å². The molecule has 0 unspecified atom stereocenters. The zero-order valence-corrected chi connectivity index (χ0v) is 9.15. The van der Waals surface area contributed by atoms with Crippen molar-refractivity contribution in [2.45, 2.75) is 18.9 Å². The number of hydrogen-bond acceptors (Lipinski definition) is 2. The minimum Gasteiger partial charge on any atom is -0.650 e. The van der Waals surface area contributed by atoms with Crippen molar-refractivity contribution < 1.29 is 9.59 Å². The van der Waals surface area contributed by atoms with Gasteiger partial charge >= 0.3 is 0 Å². The number of nitrogens with two attached hydrogens (primary N) is 1. The summed E-state index contributed by atoms with van der Waals surface area (Å²) in [5, 5.41) is 3.87. The summed E-state index contributed by atoms with van der Waals surface area (Å²) in [5.74, 6) is -0.505. The summed E-state index contributed by atoms with van der Waals surface area (Å²) < 4.78 is 0. The van der Waals surface area contributed by atoms with E-state index in [4.69, 9.17) is 5.73 Å². The monoisotopic (exact) mass is 212 g/mol. The summed E-state index contributed by atoms with van der Waals surface area (Å²) in [6, 6.07) is -0.575. The van der Waals surface area contributed by atoms with Crippen molar-refractivity contribution in [3.8, 4) is 0 Å². The van der Waals surface area contributed by atoms with Crippen molar-refractivity contribution in [1.29, 1.82) is 0 Å². The van der Waals surface area contributed by atoms with Crippen molar-refractivity contribution in [3.05, 3.63) is 38.6 Å². The molecular weight excluding hydrogens is 192 g/mol. The molecule has 0 aliphatic rings. The molecule has 0 saturated heterocycles. The Morgan fingerprint density at radius 2 is 1.87 bits per heavy atom. The molecule has 0 fully saturated rings. The van der Waals surface area contributed by atoms with Gasteiger partial charge in [0.05, 0.1) is 13.3 Å². The predicted molar refractivity (Wildman–Crippen MR) is 64.4 cm³/mol. The molecule has 86 valence electrons. The van der Waals surface area contributed by atoms with Gasteiger partial charge in [-0.2, -0.15) is 0 Å². The molecule has 2 N–H and O–H groups in total. The lowest BCUT2D eigenvalue weighted by atomic mass is 10.2. The number of primary amides is 1. The van der Waals surface area contributed by atoms with E-state index < -0.39 is 11.9 Å². The van der Waals surface area contributed by atoms with Crippen molar-refractivity contribution >= 4 is 12.2 Å². The molecule has 0 aromatic heterocycles. The van der Waals surface area contributed by atoms with Crippen LogP contribution < -0.4 is 5.73 Å². The normalized spacial score (nSPS) is 9.60. The first-order valence-corrected chi connectivity index (χ1v) is 4.40. The van der Waals surface area contributed by atoms with Crippen molar-refractivity contribution in [2.75, 3.05) is 6.54 Å². The molecule has 0 radical (unpaired) electrons. The molecule has 0 aromatic rings. The van der Waals surface area contributed by atoms with Gasteiger partial charge in [0.2, 0.25) is 5.91 Å². The number of aldehydes is 1. The van der Waals surface area contributed by atoms with Gasteiger partial charge in [0.1, 0.15) is 6.29 Å². The van der Waals surface area contributed by atoms with E-state index >= 15 is 0 Å². The van der Waals surface area contributed by atoms with Crippen LogP contribution in [0.3, 0.4) is 0 Å². The number of amides is 1. The number of nitrogens with zero attached hydrogens (tertiary/aromatic N) is 1. The smallest absolute Gasteiger partial charge is 0.216 e. The van der Waals surface area contributed by atoms with E-state index in [9.17, 15) is 9.59 Å². The number of hydrogen-bond donors (Lipinski definition) is 1. The molecular formula is C11H20N2O2. The maximum Gasteiger partial charge on any atom is 0.216 e. The third-order valence-electron chi connectivity index (χ3n) is 1.09. The highest BCUT2D eigenvalue weighted by atomic mass is 16.1. The number of carbonyl (C=O) groups is 2. The second-order valence-corrected chi connectivity index (χ2v) is 2.13. The average Bonchev–Trinajstić information content (AvgIpc) is 2.29. The Morgan fingerprint density at radius 3 is 2.13 bits per heavy atom. The molecule has 0 aromatic carbocycles. The molecule has 15 heavy (non-hydrogen) atoms. The summed E-state index contributed by atoms with van der Waals surface area (Å²) >= 11 is 0. The van der Waals surface area contributed by atoms with Gasteiger partial charge in [0, 0.05) is 6.42 Å². The lowest BCUT2D eigenvalue weighted by Gasteiger charge is -2.22. The molecule has 0 rings (SSSR count). The van der Waals surface area contributed by atoms with E-state index in [0.717, 1.165) is 0 Å². The Balaban J connectivity index is -0.000000318. The van der Waals surface area contributed by atoms with Gasteiger partial charge in [0.15, 0.2) is 0 Å². The van der Waals surface area contributed by atoms with Crippen molar-refractivity contribution in [3.63, 3.8) is 0 Å². The van der Waals surface area contributed by atoms with Gasteiger partial charge in [-0.15, -0.1) is 32.9 Å². The SMILES string of the molecule is C=C.C=C.[CH2+]CC[N-][C@@H](C=O)CC(N)=O. The molecule has 0 heterocycles. The van der Waals surface area contributed by atoms with Gasteiger partial charge in [-0.25, -0.2) is 0 Å². The highest BCUT2D eigenvalue weighted by Crippen LogP contribution is 2.02. The fourth-order valence-corrected chi connectivity index (χ4v) is 0.619. The molecule has 4 heteroatoms. The van der Waals surface area contributed by atoms with Gasteiger partial charge < -0.3 is 15.8 Å². The topological polar surface area (TPSA) is 74.3 Å². The minimum atomic E-state index is -0.575. The van der Waals surface area contributed by atoms with E-state index in [1.807, 2.05) is 0 Å². The van der Waals surface area contributed by atoms with E-state index in [-0.39, 0.29) is 6.42 Å². The zero-order chi connectivity index (χ0) is 12.7. The number of rotatable bonds is 6. The summed E-state index contributed by atoms with van der Waals surface area (Å²) in [6.45, 7) is 16.0. The quantitative estimate of drug-likeness (QED) is 0.413. The van der Waals surface area contributed by atoms with Gasteiger partial charge in [-0.1, -0.05) is 6.04 Å². The summed E-state index contributed by atoms with van der Waals surface area (Å²) in [7, 11) is 0. The molecule has 0 spiro atoms. The van der Waals surface area contributed by atoms with Crippen LogP contribution in [0, 0.1) is 6.92 Å². The van der Waals surface area contributed by atoms with Gasteiger partial charge in [0.25, 0.3) is 0 Å². The molecule has 0 aliphatic carbocycles. The summed E-state index contributed by atoms with van der Waals surface area (Å²) in [4.78, 5) is 20.5. The first-order valence-electron chi connectivity index (χ1n) is 4.40. The number of carbonyl (C=O) groups excluding carboxylic acids is 2. The van der Waals surface area contributed by atoms with Crippen LogP contribution in [-0.4, -0.2) is 24.8 Å². The Morgan fingerprint density at radius 1 is 1.40 bits per heavy atom. The van der Waals surface area contributed by atoms with E-state index in [1.54, 1.807) is 0 Å². The highest BCUT2D eigenvalue weighted by Gasteiger charge is 1.99. The molecule has 1 amide bonds. The van der Waals surface area contributed by atoms with Gasteiger partial charge in [-0.3, -0.25) is 4.79 Å². The highest BCUT2D eigenvalue weighted by molar-refractivity contribution is 5.79. The van der Waals surface area contributed by atoms with Crippen molar-refractivity contribution in [2.24, 2.45) is 5.73 Å². The first kappa shape index (κ1) is 19.1. The fraction of sp³-hybridized carbons (Fsp3) is 0.364. The second kappa shape index (κ2) is 18.3. The summed E-state index contributed by atoms with van der Waals surface area (Å²) in [6.07, 6.45) is 1.26. The first-order chi connectivity index (χ1) is 7.20. The second-order valence-electron chi connectivity index (χ2n) is 2.13. The van der Waals surface area contributed by atoms with E-state index in [0.29, 0.717) is 19.3 Å². The van der Waals surface area contributed by atoms with Gasteiger partial charge in [-0.05, 0) is 0 Å². The van der Waals surface area contributed by atoms with Crippen molar-refractivity contribution in [1.82, 2.24) is 0 Å².